The lowest BCUT2D eigenvalue weighted by Crippen LogP contribution is -2.51. The van der Waals surface area contributed by atoms with Crippen molar-refractivity contribution in [2.75, 3.05) is 4.31 Å². The van der Waals surface area contributed by atoms with Gasteiger partial charge in [-0.25, -0.2) is 8.42 Å². The number of hydrogen-bond acceptors (Lipinski definition) is 3. The molecule has 0 bridgehead atoms. The zero-order valence-corrected chi connectivity index (χ0v) is 17.0. The number of rotatable bonds is 9. The molecule has 5 nitrogen and oxygen atoms in total. The van der Waals surface area contributed by atoms with E-state index in [2.05, 4.69) is 0 Å². The second-order valence-corrected chi connectivity index (χ2v) is 8.95. The first-order chi connectivity index (χ1) is 12.7. The molecule has 0 aromatic heterocycles. The van der Waals surface area contributed by atoms with Gasteiger partial charge in [0.15, 0.2) is 0 Å². The van der Waals surface area contributed by atoms with E-state index < -0.39 is 21.5 Å². The monoisotopic (exact) mass is 409 g/mol. The number of carbonyl (C=O) groups is 1. The molecule has 0 heterocycles. The molecule has 0 radical (unpaired) electrons. The number of nitrogens with zero attached hydrogens (tertiary/aromatic N) is 1. The summed E-state index contributed by atoms with van der Waals surface area (Å²) < 4.78 is 28.3. The number of anilines is 1. The highest BCUT2D eigenvalue weighted by Crippen LogP contribution is 2.37. The minimum absolute atomic E-state index is 0.0730. The molecule has 0 fully saturated rings. The Balaban J connectivity index is 2.66. The smallest absolute Gasteiger partial charge is 0.305 e. The molecule has 1 unspecified atom stereocenters. The fraction of sp³-hybridized carbons (Fsp3) is 0.350. The van der Waals surface area contributed by atoms with Gasteiger partial charge in [0.25, 0.3) is 10.0 Å². The summed E-state index contributed by atoms with van der Waals surface area (Å²) in [5, 5.41) is 9.91. The predicted octanol–water partition coefficient (Wildman–Crippen LogP) is 4.96. The molecule has 2 aromatic rings. The Labute approximate surface area is 165 Å². The number of para-hydroxylation sites is 1. The van der Waals surface area contributed by atoms with E-state index in [9.17, 15) is 18.3 Å². The highest BCUT2D eigenvalue weighted by molar-refractivity contribution is 7.93. The Morgan fingerprint density at radius 1 is 1.11 bits per heavy atom. The van der Waals surface area contributed by atoms with Crippen LogP contribution in [-0.2, 0) is 14.8 Å². The Bertz CT molecular complexity index is 869. The Morgan fingerprint density at radius 2 is 1.70 bits per heavy atom. The third-order valence-corrected chi connectivity index (χ3v) is 6.69. The Morgan fingerprint density at radius 3 is 2.22 bits per heavy atom. The third kappa shape index (κ3) is 5.02. The largest absolute Gasteiger partial charge is 0.481 e. The van der Waals surface area contributed by atoms with Gasteiger partial charge in [-0.05, 0) is 49.7 Å². The molecule has 1 atom stereocenters. The van der Waals surface area contributed by atoms with Crippen LogP contribution in [0.3, 0.4) is 0 Å². The van der Waals surface area contributed by atoms with Crippen molar-refractivity contribution in [3.63, 3.8) is 0 Å². The first-order valence-corrected chi connectivity index (χ1v) is 10.6. The van der Waals surface area contributed by atoms with Crippen LogP contribution in [-0.4, -0.2) is 25.0 Å². The summed E-state index contributed by atoms with van der Waals surface area (Å²) in [4.78, 5) is 11.7. The van der Waals surface area contributed by atoms with Gasteiger partial charge in [0, 0.05) is 5.02 Å². The van der Waals surface area contributed by atoms with Crippen molar-refractivity contribution in [2.24, 2.45) is 0 Å². The highest BCUT2D eigenvalue weighted by atomic mass is 35.5. The Kier molecular flexibility index (Phi) is 6.89. The zero-order valence-electron chi connectivity index (χ0n) is 15.4. The van der Waals surface area contributed by atoms with Crippen LogP contribution in [0.25, 0.3) is 0 Å². The fourth-order valence-corrected chi connectivity index (χ4v) is 5.11. The number of hydrogen-bond donors (Lipinski definition) is 1. The maximum absolute atomic E-state index is 13.5. The predicted molar refractivity (Wildman–Crippen MR) is 108 cm³/mol. The van der Waals surface area contributed by atoms with E-state index in [4.69, 9.17) is 11.6 Å². The molecule has 0 saturated heterocycles. The number of aliphatic carboxylic acids is 1. The first kappa shape index (κ1) is 21.3. The summed E-state index contributed by atoms with van der Waals surface area (Å²) >= 11 is 5.90. The molecule has 0 aliphatic rings. The molecule has 0 aliphatic heterocycles. The van der Waals surface area contributed by atoms with Gasteiger partial charge in [0.2, 0.25) is 0 Å². The van der Waals surface area contributed by atoms with Gasteiger partial charge >= 0.3 is 5.97 Å². The van der Waals surface area contributed by atoms with E-state index in [1.165, 1.54) is 28.6 Å². The van der Waals surface area contributed by atoms with Crippen LogP contribution in [0.2, 0.25) is 5.02 Å². The van der Waals surface area contributed by atoms with Crippen LogP contribution in [0.1, 0.15) is 39.5 Å². The minimum Gasteiger partial charge on any atom is -0.481 e. The van der Waals surface area contributed by atoms with Crippen molar-refractivity contribution >= 4 is 33.3 Å². The minimum atomic E-state index is -3.99. The number of unbranched alkanes of at least 4 members (excludes halogenated alkanes) is 1. The topological polar surface area (TPSA) is 74.7 Å². The molecule has 0 aliphatic carbocycles. The fourth-order valence-electron chi connectivity index (χ4n) is 3.16. The van der Waals surface area contributed by atoms with Crippen molar-refractivity contribution in [3.05, 3.63) is 59.6 Å². The zero-order chi connectivity index (χ0) is 20.1. The van der Waals surface area contributed by atoms with Gasteiger partial charge in [-0.15, -0.1) is 0 Å². The molecular formula is C20H24ClNO4S. The molecule has 27 heavy (non-hydrogen) atoms. The van der Waals surface area contributed by atoms with E-state index >= 15 is 0 Å². The van der Waals surface area contributed by atoms with Gasteiger partial charge < -0.3 is 5.11 Å². The summed E-state index contributed by atoms with van der Waals surface area (Å²) in [5.74, 6) is -1.04. The molecule has 0 amide bonds. The lowest BCUT2D eigenvalue weighted by Gasteiger charge is -2.41. The average Bonchev–Trinajstić information content (AvgIpc) is 2.60. The molecule has 2 rings (SSSR count). The van der Waals surface area contributed by atoms with Crippen LogP contribution < -0.4 is 4.31 Å². The standard InChI is InChI=1S/C20H24ClNO4S/c1-3-4-14-20(2,15-19(23)24)22(17-8-6-5-7-9-17)27(25,26)18-12-10-16(21)11-13-18/h5-13H,3-4,14-15H2,1-2H3,(H,23,24). The Hall–Kier alpha value is -2.05. The highest BCUT2D eigenvalue weighted by Gasteiger charge is 2.42. The van der Waals surface area contributed by atoms with Crippen molar-refractivity contribution < 1.29 is 18.3 Å². The lowest BCUT2D eigenvalue weighted by atomic mass is 9.90. The molecular weight excluding hydrogens is 386 g/mol. The summed E-state index contributed by atoms with van der Waals surface area (Å²) in [7, 11) is -3.99. The molecule has 2 aromatic carbocycles. The number of carboxylic acids is 1. The van der Waals surface area contributed by atoms with Crippen molar-refractivity contribution in [1.82, 2.24) is 0 Å². The van der Waals surface area contributed by atoms with E-state index in [-0.39, 0.29) is 11.3 Å². The van der Waals surface area contributed by atoms with Gasteiger partial charge in [-0.3, -0.25) is 9.10 Å². The van der Waals surface area contributed by atoms with Crippen molar-refractivity contribution in [2.45, 2.75) is 50.0 Å². The summed E-state index contributed by atoms with van der Waals surface area (Å²) in [6.45, 7) is 3.68. The molecule has 146 valence electrons. The van der Waals surface area contributed by atoms with E-state index in [0.29, 0.717) is 23.6 Å². The van der Waals surface area contributed by atoms with Crippen molar-refractivity contribution in [1.29, 1.82) is 0 Å². The lowest BCUT2D eigenvalue weighted by molar-refractivity contribution is -0.138. The molecule has 7 heteroatoms. The van der Waals surface area contributed by atoms with Gasteiger partial charge in [-0.1, -0.05) is 49.6 Å². The van der Waals surface area contributed by atoms with Gasteiger partial charge in [0.1, 0.15) is 0 Å². The maximum atomic E-state index is 13.5. The quantitative estimate of drug-likeness (QED) is 0.635. The van der Waals surface area contributed by atoms with E-state index in [1.54, 1.807) is 37.3 Å². The number of carboxylic acid groups (broad SMARTS) is 1. The number of sulfonamides is 1. The molecule has 0 saturated carbocycles. The SMILES string of the molecule is CCCCC(C)(CC(=O)O)N(c1ccccc1)S(=O)(=O)c1ccc(Cl)cc1. The van der Waals surface area contributed by atoms with Crippen LogP contribution in [0.5, 0.6) is 0 Å². The van der Waals surface area contributed by atoms with E-state index in [0.717, 1.165) is 6.42 Å². The van der Waals surface area contributed by atoms with Crippen LogP contribution >= 0.6 is 11.6 Å². The van der Waals surface area contributed by atoms with Crippen LogP contribution in [0.15, 0.2) is 59.5 Å². The second-order valence-electron chi connectivity index (χ2n) is 6.73. The third-order valence-electron chi connectivity index (χ3n) is 4.43. The average molecular weight is 410 g/mol. The van der Waals surface area contributed by atoms with Gasteiger partial charge in [0.05, 0.1) is 22.5 Å². The van der Waals surface area contributed by atoms with Crippen LogP contribution in [0, 0.1) is 0 Å². The first-order valence-electron chi connectivity index (χ1n) is 8.78. The summed E-state index contributed by atoms with van der Waals surface area (Å²) in [6, 6.07) is 14.5. The number of halogens is 1. The van der Waals surface area contributed by atoms with Crippen LogP contribution in [0.4, 0.5) is 5.69 Å². The molecule has 0 spiro atoms. The number of benzene rings is 2. The molecule has 1 N–H and O–H groups in total. The van der Waals surface area contributed by atoms with Gasteiger partial charge in [-0.2, -0.15) is 0 Å². The normalized spacial score (nSPS) is 13.7. The maximum Gasteiger partial charge on any atom is 0.305 e. The summed E-state index contributed by atoms with van der Waals surface area (Å²) in [5.41, 5.74) is -0.672. The second kappa shape index (κ2) is 8.76. The van der Waals surface area contributed by atoms with E-state index in [1.807, 2.05) is 6.92 Å². The summed E-state index contributed by atoms with van der Waals surface area (Å²) in [6.07, 6.45) is 1.67. The van der Waals surface area contributed by atoms with Crippen molar-refractivity contribution in [3.8, 4) is 0 Å².